The molecule has 0 saturated heterocycles. The van der Waals surface area contributed by atoms with Gasteiger partial charge in [0, 0.05) is 19.3 Å². The van der Waals surface area contributed by atoms with E-state index in [1.807, 2.05) is 0 Å². The molecular formula is C73H118O6. The average Bonchev–Trinajstić information content (AvgIpc) is 3.45. The molecule has 6 heteroatoms. The standard InChI is InChI=1S/C73H118O6/c1-4-7-10-13-16-19-22-25-28-31-32-33-34-35-36-37-38-39-40-43-45-48-51-54-57-60-63-66-72(75)78-69-70(79-73(76)67-64-61-58-55-52-49-46-42-30-27-24-21-18-15-12-9-6-3)68-77-71(74)65-62-59-56-53-50-47-44-41-29-26-23-20-17-14-11-8-5-2/h7,9-10,12,16,18-19,21,25,27-28,30,32-33,35-36,38-39,43,45-46,49,51,54,70H,4-6,8,11,13-15,17,20,22-24,26,29,31,34,37,40-42,44,47-48,50,52-53,55-69H2,1-3H3/b10-7-,12-9-,19-16-,21-18-,28-25-,30-27-,33-32-,36-35-,39-38-,45-43-,49-46-,54-51-. The minimum atomic E-state index is -0.815. The number of hydrogen-bond acceptors (Lipinski definition) is 6. The van der Waals surface area contributed by atoms with E-state index in [-0.39, 0.29) is 37.5 Å². The summed E-state index contributed by atoms with van der Waals surface area (Å²) in [5.74, 6) is -0.972. The van der Waals surface area contributed by atoms with Crippen LogP contribution in [0.25, 0.3) is 0 Å². The first-order valence-corrected chi connectivity index (χ1v) is 32.3. The second kappa shape index (κ2) is 65.8. The van der Waals surface area contributed by atoms with Crippen molar-refractivity contribution in [2.45, 2.75) is 284 Å². The highest BCUT2D eigenvalue weighted by molar-refractivity contribution is 5.71. The van der Waals surface area contributed by atoms with E-state index in [4.69, 9.17) is 14.2 Å². The van der Waals surface area contributed by atoms with E-state index in [1.165, 1.54) is 89.9 Å². The highest BCUT2D eigenvalue weighted by atomic mass is 16.6. The van der Waals surface area contributed by atoms with Crippen molar-refractivity contribution < 1.29 is 28.6 Å². The lowest BCUT2D eigenvalue weighted by Gasteiger charge is -2.18. The van der Waals surface area contributed by atoms with Crippen molar-refractivity contribution >= 4 is 17.9 Å². The molecule has 79 heavy (non-hydrogen) atoms. The van der Waals surface area contributed by atoms with E-state index in [1.54, 1.807) is 0 Å². The Morgan fingerprint density at radius 3 is 0.797 bits per heavy atom. The molecule has 0 aromatic rings. The second-order valence-corrected chi connectivity index (χ2v) is 20.9. The summed E-state index contributed by atoms with van der Waals surface area (Å²) in [4.78, 5) is 38.3. The normalized spacial score (nSPS) is 13.1. The third-order valence-electron chi connectivity index (χ3n) is 13.3. The Balaban J connectivity index is 4.49. The molecular weight excluding hydrogens is 973 g/mol. The molecule has 0 N–H and O–H groups in total. The highest BCUT2D eigenvalue weighted by Gasteiger charge is 2.19. The Bertz CT molecular complexity index is 1730. The number of unbranched alkanes of at least 4 members (excludes halogenated alkanes) is 22. The lowest BCUT2D eigenvalue weighted by molar-refractivity contribution is -0.167. The molecule has 0 rings (SSSR count). The monoisotopic (exact) mass is 1090 g/mol. The minimum absolute atomic E-state index is 0.105. The van der Waals surface area contributed by atoms with E-state index in [0.717, 1.165) is 141 Å². The molecule has 0 aliphatic rings. The molecule has 0 bridgehead atoms. The summed E-state index contributed by atoms with van der Waals surface area (Å²) in [6.07, 6.45) is 94.2. The van der Waals surface area contributed by atoms with E-state index in [9.17, 15) is 14.4 Å². The number of carbonyl (C=O) groups excluding carboxylic acids is 3. The smallest absolute Gasteiger partial charge is 0.306 e. The fraction of sp³-hybridized carbons (Fsp3) is 0.630. The van der Waals surface area contributed by atoms with Gasteiger partial charge in [0.25, 0.3) is 0 Å². The fourth-order valence-corrected chi connectivity index (χ4v) is 8.57. The van der Waals surface area contributed by atoms with Gasteiger partial charge in [-0.05, 0) is 122 Å². The van der Waals surface area contributed by atoms with Crippen LogP contribution in [0.1, 0.15) is 278 Å². The molecule has 446 valence electrons. The maximum absolute atomic E-state index is 12.9. The number of rotatable bonds is 57. The molecule has 0 spiro atoms. The summed E-state index contributed by atoms with van der Waals surface area (Å²) in [6, 6.07) is 0. The van der Waals surface area contributed by atoms with Gasteiger partial charge in [-0.2, -0.15) is 0 Å². The summed E-state index contributed by atoms with van der Waals surface area (Å²) < 4.78 is 16.9. The van der Waals surface area contributed by atoms with Crippen molar-refractivity contribution in [3.8, 4) is 0 Å². The summed E-state index contributed by atoms with van der Waals surface area (Å²) >= 11 is 0. The van der Waals surface area contributed by atoms with Gasteiger partial charge in [0.1, 0.15) is 13.2 Å². The Morgan fingerprint density at radius 2 is 0.494 bits per heavy atom. The number of ether oxygens (including phenoxy) is 3. The summed E-state index contributed by atoms with van der Waals surface area (Å²) in [5.41, 5.74) is 0. The Labute approximate surface area is 487 Å². The van der Waals surface area contributed by atoms with Gasteiger partial charge < -0.3 is 14.2 Å². The van der Waals surface area contributed by atoms with E-state index in [0.29, 0.717) is 19.3 Å². The van der Waals surface area contributed by atoms with Gasteiger partial charge >= 0.3 is 17.9 Å². The molecule has 1 atom stereocenters. The molecule has 0 aromatic carbocycles. The topological polar surface area (TPSA) is 78.9 Å². The van der Waals surface area contributed by atoms with Crippen molar-refractivity contribution in [2.75, 3.05) is 13.2 Å². The Morgan fingerprint density at radius 1 is 0.266 bits per heavy atom. The molecule has 1 unspecified atom stereocenters. The fourth-order valence-electron chi connectivity index (χ4n) is 8.57. The number of esters is 3. The molecule has 0 aromatic heterocycles. The van der Waals surface area contributed by atoms with Gasteiger partial charge in [0.15, 0.2) is 6.10 Å². The predicted molar refractivity (Wildman–Crippen MR) is 343 cm³/mol. The largest absolute Gasteiger partial charge is 0.462 e. The number of allylic oxidation sites excluding steroid dienone is 24. The lowest BCUT2D eigenvalue weighted by atomic mass is 10.0. The first kappa shape index (κ1) is 74.3. The second-order valence-electron chi connectivity index (χ2n) is 20.9. The molecule has 0 aliphatic carbocycles. The zero-order valence-corrected chi connectivity index (χ0v) is 51.1. The van der Waals surface area contributed by atoms with Crippen LogP contribution in [0, 0.1) is 0 Å². The molecule has 0 fully saturated rings. The van der Waals surface area contributed by atoms with Crippen molar-refractivity contribution in [2.24, 2.45) is 0 Å². The quantitative estimate of drug-likeness (QED) is 0.0261. The Kier molecular flexibility index (Phi) is 61.9. The van der Waals surface area contributed by atoms with Crippen LogP contribution in [-0.2, 0) is 28.6 Å². The van der Waals surface area contributed by atoms with Gasteiger partial charge in [-0.3, -0.25) is 14.4 Å². The summed E-state index contributed by atoms with van der Waals surface area (Å²) in [7, 11) is 0. The predicted octanol–water partition coefficient (Wildman–Crippen LogP) is 22.3. The molecule has 0 aliphatic heterocycles. The van der Waals surface area contributed by atoms with Gasteiger partial charge in [0.05, 0.1) is 0 Å². The lowest BCUT2D eigenvalue weighted by Crippen LogP contribution is -2.30. The minimum Gasteiger partial charge on any atom is -0.462 e. The van der Waals surface area contributed by atoms with Crippen LogP contribution < -0.4 is 0 Å². The maximum atomic E-state index is 12.9. The van der Waals surface area contributed by atoms with Gasteiger partial charge in [-0.25, -0.2) is 0 Å². The summed E-state index contributed by atoms with van der Waals surface area (Å²) in [5, 5.41) is 0. The summed E-state index contributed by atoms with van der Waals surface area (Å²) in [6.45, 7) is 6.37. The first-order valence-electron chi connectivity index (χ1n) is 32.3. The van der Waals surface area contributed by atoms with Crippen LogP contribution in [0.5, 0.6) is 0 Å². The maximum Gasteiger partial charge on any atom is 0.306 e. The van der Waals surface area contributed by atoms with Crippen molar-refractivity contribution in [1.82, 2.24) is 0 Å². The van der Waals surface area contributed by atoms with Crippen LogP contribution >= 0.6 is 0 Å². The third kappa shape index (κ3) is 64.0. The first-order chi connectivity index (χ1) is 39.0. The van der Waals surface area contributed by atoms with Gasteiger partial charge in [0.2, 0.25) is 0 Å². The molecule has 0 amide bonds. The van der Waals surface area contributed by atoms with Crippen LogP contribution in [0.3, 0.4) is 0 Å². The van der Waals surface area contributed by atoms with Gasteiger partial charge in [-0.15, -0.1) is 0 Å². The molecule has 0 heterocycles. The number of carbonyl (C=O) groups is 3. The van der Waals surface area contributed by atoms with Crippen LogP contribution in [0.15, 0.2) is 146 Å². The van der Waals surface area contributed by atoms with Gasteiger partial charge in [-0.1, -0.05) is 282 Å². The third-order valence-corrected chi connectivity index (χ3v) is 13.3. The van der Waals surface area contributed by atoms with Crippen molar-refractivity contribution in [1.29, 1.82) is 0 Å². The Hall–Kier alpha value is -4.71. The highest BCUT2D eigenvalue weighted by Crippen LogP contribution is 2.16. The molecule has 0 radical (unpaired) electrons. The zero-order chi connectivity index (χ0) is 57.1. The van der Waals surface area contributed by atoms with Crippen molar-refractivity contribution in [3.05, 3.63) is 146 Å². The van der Waals surface area contributed by atoms with Crippen LogP contribution in [0.4, 0.5) is 0 Å². The molecule has 6 nitrogen and oxygen atoms in total. The van der Waals surface area contributed by atoms with Crippen LogP contribution in [0.2, 0.25) is 0 Å². The van der Waals surface area contributed by atoms with Crippen molar-refractivity contribution in [3.63, 3.8) is 0 Å². The SMILES string of the molecule is CC/C=C\C/C=C\C/C=C\C/C=C\C/C=C\C/C=C\C/C=C\C/C=C\CCCCC(=O)OCC(COC(=O)CCCCCCCCCCCCCCCCCCC)OC(=O)CCCCCC/C=C\C/C=C\C/C=C\C/C=C\CC. The molecule has 0 saturated carbocycles. The van der Waals surface area contributed by atoms with E-state index >= 15 is 0 Å². The average molecular weight is 1090 g/mol. The van der Waals surface area contributed by atoms with E-state index < -0.39 is 6.10 Å². The van der Waals surface area contributed by atoms with E-state index in [2.05, 4.69) is 167 Å². The number of hydrogen-bond donors (Lipinski definition) is 0. The van der Waals surface area contributed by atoms with Crippen LogP contribution in [-0.4, -0.2) is 37.2 Å². The zero-order valence-electron chi connectivity index (χ0n) is 51.1.